The first-order valence-corrected chi connectivity index (χ1v) is 7.17. The van der Waals surface area contributed by atoms with Crippen LogP contribution in [-0.4, -0.2) is 57.8 Å². The standard InChI is InChI=1S/C12H22N6/c1-2-8-17(9-3-1)12-13-15-18(14-12)11-10-16-6-4-5-7-16/h1-11H2. The first kappa shape index (κ1) is 11.9. The van der Waals surface area contributed by atoms with Gasteiger partial charge in [0.25, 0.3) is 5.95 Å². The molecule has 18 heavy (non-hydrogen) atoms. The predicted octanol–water partition coefficient (Wildman–Crippen LogP) is 0.759. The van der Waals surface area contributed by atoms with Gasteiger partial charge in [-0.2, -0.15) is 4.80 Å². The molecule has 2 saturated heterocycles. The quantitative estimate of drug-likeness (QED) is 0.789. The van der Waals surface area contributed by atoms with E-state index in [4.69, 9.17) is 0 Å². The summed E-state index contributed by atoms with van der Waals surface area (Å²) in [6.07, 6.45) is 6.51. The van der Waals surface area contributed by atoms with E-state index in [2.05, 4.69) is 25.2 Å². The van der Waals surface area contributed by atoms with Gasteiger partial charge < -0.3 is 9.80 Å². The van der Waals surface area contributed by atoms with Gasteiger partial charge in [-0.25, -0.2) is 0 Å². The molecule has 0 radical (unpaired) electrons. The molecular formula is C12H22N6. The fourth-order valence-electron chi connectivity index (χ4n) is 2.79. The molecule has 0 saturated carbocycles. The van der Waals surface area contributed by atoms with Crippen molar-refractivity contribution >= 4 is 5.95 Å². The fraction of sp³-hybridized carbons (Fsp3) is 0.917. The van der Waals surface area contributed by atoms with E-state index in [9.17, 15) is 0 Å². The van der Waals surface area contributed by atoms with Crippen molar-refractivity contribution in [3.05, 3.63) is 0 Å². The summed E-state index contributed by atoms with van der Waals surface area (Å²) < 4.78 is 0. The first-order valence-electron chi connectivity index (χ1n) is 7.17. The highest BCUT2D eigenvalue weighted by atomic mass is 15.6. The van der Waals surface area contributed by atoms with Crippen molar-refractivity contribution in [2.75, 3.05) is 37.6 Å². The van der Waals surface area contributed by atoms with Crippen molar-refractivity contribution in [3.8, 4) is 0 Å². The Morgan fingerprint density at radius 3 is 2.33 bits per heavy atom. The number of piperidine rings is 1. The Labute approximate surface area is 108 Å². The van der Waals surface area contributed by atoms with Gasteiger partial charge in [0, 0.05) is 19.6 Å². The Bertz CT molecular complexity index is 364. The lowest BCUT2D eigenvalue weighted by Gasteiger charge is -2.24. The second-order valence-electron chi connectivity index (χ2n) is 5.28. The van der Waals surface area contributed by atoms with Crippen LogP contribution in [0.5, 0.6) is 0 Å². The third kappa shape index (κ3) is 2.80. The monoisotopic (exact) mass is 250 g/mol. The van der Waals surface area contributed by atoms with Crippen LogP contribution in [0.1, 0.15) is 32.1 Å². The summed E-state index contributed by atoms with van der Waals surface area (Å²) in [6.45, 7) is 6.54. The number of tetrazole rings is 1. The van der Waals surface area contributed by atoms with E-state index in [1.807, 2.05) is 0 Å². The van der Waals surface area contributed by atoms with Crippen LogP contribution < -0.4 is 4.90 Å². The lowest BCUT2D eigenvalue weighted by Crippen LogP contribution is -2.30. The van der Waals surface area contributed by atoms with E-state index in [1.165, 1.54) is 45.2 Å². The average Bonchev–Trinajstić information content (AvgIpc) is 3.09. The molecule has 2 fully saturated rings. The molecule has 2 aliphatic heterocycles. The summed E-state index contributed by atoms with van der Waals surface area (Å²) in [7, 11) is 0. The minimum atomic E-state index is 0.816. The molecule has 3 rings (SSSR count). The molecule has 0 spiro atoms. The number of likely N-dealkylation sites (tertiary alicyclic amines) is 1. The van der Waals surface area contributed by atoms with E-state index in [1.54, 1.807) is 4.80 Å². The fourth-order valence-corrected chi connectivity index (χ4v) is 2.79. The van der Waals surface area contributed by atoms with Gasteiger partial charge in [0.1, 0.15) is 0 Å². The molecule has 2 aliphatic rings. The minimum Gasteiger partial charge on any atom is -0.338 e. The van der Waals surface area contributed by atoms with Crippen LogP contribution in [0, 0.1) is 0 Å². The van der Waals surface area contributed by atoms with Crippen LogP contribution in [0.4, 0.5) is 5.95 Å². The van der Waals surface area contributed by atoms with Gasteiger partial charge in [0.2, 0.25) is 0 Å². The van der Waals surface area contributed by atoms with E-state index in [-0.39, 0.29) is 0 Å². The van der Waals surface area contributed by atoms with E-state index >= 15 is 0 Å². The second-order valence-corrected chi connectivity index (χ2v) is 5.28. The summed E-state index contributed by atoms with van der Waals surface area (Å²) in [5.41, 5.74) is 0. The summed E-state index contributed by atoms with van der Waals surface area (Å²) >= 11 is 0. The predicted molar refractivity (Wildman–Crippen MR) is 69.6 cm³/mol. The van der Waals surface area contributed by atoms with Crippen molar-refractivity contribution in [3.63, 3.8) is 0 Å². The molecule has 0 bridgehead atoms. The number of rotatable bonds is 4. The Hall–Kier alpha value is -1.17. The highest BCUT2D eigenvalue weighted by Gasteiger charge is 2.16. The number of hydrogen-bond acceptors (Lipinski definition) is 5. The zero-order chi connectivity index (χ0) is 12.2. The van der Waals surface area contributed by atoms with E-state index in [0.29, 0.717) is 0 Å². The Morgan fingerprint density at radius 1 is 0.833 bits per heavy atom. The number of anilines is 1. The highest BCUT2D eigenvalue weighted by molar-refractivity contribution is 5.26. The summed E-state index contributed by atoms with van der Waals surface area (Å²) in [4.78, 5) is 6.48. The van der Waals surface area contributed by atoms with Gasteiger partial charge in [-0.15, -0.1) is 5.10 Å². The maximum absolute atomic E-state index is 4.49. The maximum atomic E-state index is 4.49. The Morgan fingerprint density at radius 2 is 1.56 bits per heavy atom. The third-order valence-electron chi connectivity index (χ3n) is 3.90. The molecule has 3 heterocycles. The van der Waals surface area contributed by atoms with Crippen molar-refractivity contribution in [2.45, 2.75) is 38.6 Å². The minimum absolute atomic E-state index is 0.816. The normalized spacial score (nSPS) is 21.7. The van der Waals surface area contributed by atoms with Crippen molar-refractivity contribution in [1.82, 2.24) is 25.1 Å². The smallest absolute Gasteiger partial charge is 0.266 e. The molecule has 6 nitrogen and oxygen atoms in total. The lowest BCUT2D eigenvalue weighted by molar-refractivity contribution is 0.304. The lowest BCUT2D eigenvalue weighted by atomic mass is 10.1. The van der Waals surface area contributed by atoms with Gasteiger partial charge in [0.05, 0.1) is 6.54 Å². The molecular weight excluding hydrogens is 228 g/mol. The molecule has 0 amide bonds. The Kier molecular flexibility index (Phi) is 3.73. The molecule has 6 heteroatoms. The zero-order valence-corrected chi connectivity index (χ0v) is 11.0. The van der Waals surface area contributed by atoms with Crippen molar-refractivity contribution in [1.29, 1.82) is 0 Å². The summed E-state index contributed by atoms with van der Waals surface area (Å²) in [6, 6.07) is 0. The van der Waals surface area contributed by atoms with E-state index < -0.39 is 0 Å². The average molecular weight is 250 g/mol. The maximum Gasteiger partial charge on any atom is 0.266 e. The molecule has 0 aromatic carbocycles. The van der Waals surface area contributed by atoms with E-state index in [0.717, 1.165) is 32.1 Å². The summed E-state index contributed by atoms with van der Waals surface area (Å²) in [5.74, 6) is 0.816. The van der Waals surface area contributed by atoms with Gasteiger partial charge >= 0.3 is 0 Å². The third-order valence-corrected chi connectivity index (χ3v) is 3.90. The van der Waals surface area contributed by atoms with Gasteiger partial charge in [-0.1, -0.05) is 5.10 Å². The van der Waals surface area contributed by atoms with Crippen LogP contribution >= 0.6 is 0 Å². The van der Waals surface area contributed by atoms with Gasteiger partial charge in [-0.3, -0.25) is 0 Å². The number of aromatic nitrogens is 4. The molecule has 1 aromatic rings. The number of hydrogen-bond donors (Lipinski definition) is 0. The molecule has 100 valence electrons. The SMILES string of the molecule is C1CCN(c2nnn(CCN3CCCC3)n2)CC1. The molecule has 1 aromatic heterocycles. The van der Waals surface area contributed by atoms with Crippen molar-refractivity contribution in [2.24, 2.45) is 0 Å². The molecule has 0 atom stereocenters. The topological polar surface area (TPSA) is 50.1 Å². The largest absolute Gasteiger partial charge is 0.338 e. The molecule has 0 aliphatic carbocycles. The van der Waals surface area contributed by atoms with Crippen LogP contribution in [0.15, 0.2) is 0 Å². The van der Waals surface area contributed by atoms with Gasteiger partial charge in [0.15, 0.2) is 0 Å². The van der Waals surface area contributed by atoms with Crippen LogP contribution in [-0.2, 0) is 6.54 Å². The van der Waals surface area contributed by atoms with Crippen LogP contribution in [0.2, 0.25) is 0 Å². The van der Waals surface area contributed by atoms with Crippen LogP contribution in [0.25, 0.3) is 0 Å². The molecule has 0 unspecified atom stereocenters. The second kappa shape index (κ2) is 5.65. The Balaban J connectivity index is 1.52. The van der Waals surface area contributed by atoms with Crippen molar-refractivity contribution < 1.29 is 0 Å². The van der Waals surface area contributed by atoms with Crippen LogP contribution in [0.3, 0.4) is 0 Å². The first-order chi connectivity index (χ1) is 8.92. The van der Waals surface area contributed by atoms with Gasteiger partial charge in [-0.05, 0) is 50.4 Å². The molecule has 0 N–H and O–H groups in total. The zero-order valence-electron chi connectivity index (χ0n) is 11.0. The highest BCUT2D eigenvalue weighted by Crippen LogP contribution is 2.14. The number of nitrogens with zero attached hydrogens (tertiary/aromatic N) is 6. The summed E-state index contributed by atoms with van der Waals surface area (Å²) in [5, 5.41) is 12.8.